The van der Waals surface area contributed by atoms with Crippen LogP contribution in [0.15, 0.2) is 0 Å². The fourth-order valence-electron chi connectivity index (χ4n) is 2.24. The summed E-state index contributed by atoms with van der Waals surface area (Å²) >= 11 is 1.86. The number of hydrogen-bond acceptors (Lipinski definition) is 5. The molecule has 1 aliphatic rings. The number of piperidine rings is 1. The third-order valence-electron chi connectivity index (χ3n) is 3.46. The van der Waals surface area contributed by atoms with Crippen molar-refractivity contribution < 1.29 is 14.3 Å². The van der Waals surface area contributed by atoms with Crippen LogP contribution < -0.4 is 0 Å². The minimum atomic E-state index is -0.0621. The highest BCUT2D eigenvalue weighted by molar-refractivity contribution is 7.99. The molecule has 0 unspecified atom stereocenters. The van der Waals surface area contributed by atoms with Crippen molar-refractivity contribution in [2.75, 3.05) is 51.5 Å². The Kier molecular flexibility index (Phi) is 11.1. The summed E-state index contributed by atoms with van der Waals surface area (Å²) in [5, 5.41) is 0. The Bertz CT molecular complexity index is 245. The zero-order valence-electron chi connectivity index (χ0n) is 12.8. The zero-order chi connectivity index (χ0) is 14.5. The molecule has 0 spiro atoms. The van der Waals surface area contributed by atoms with Gasteiger partial charge in [-0.15, -0.1) is 0 Å². The lowest BCUT2D eigenvalue weighted by molar-refractivity contribution is -0.143. The van der Waals surface area contributed by atoms with E-state index in [-0.39, 0.29) is 5.97 Å². The number of unbranched alkanes of at least 4 members (excludes halogenated alkanes) is 1. The second kappa shape index (κ2) is 12.5. The summed E-state index contributed by atoms with van der Waals surface area (Å²) in [5.74, 6) is 1.94. The normalized spacial score (nSPS) is 16.2. The molecule has 1 aliphatic heterocycles. The molecule has 1 fully saturated rings. The van der Waals surface area contributed by atoms with Crippen LogP contribution in [0.5, 0.6) is 0 Å². The van der Waals surface area contributed by atoms with Gasteiger partial charge in [0.25, 0.3) is 0 Å². The van der Waals surface area contributed by atoms with Gasteiger partial charge in [-0.05, 0) is 38.8 Å². The van der Waals surface area contributed by atoms with Crippen LogP contribution in [0.3, 0.4) is 0 Å². The van der Waals surface area contributed by atoms with Gasteiger partial charge in [0.15, 0.2) is 0 Å². The van der Waals surface area contributed by atoms with Gasteiger partial charge in [0.05, 0.1) is 13.0 Å². The first-order chi connectivity index (χ1) is 9.83. The largest absolute Gasteiger partial charge is 0.466 e. The summed E-state index contributed by atoms with van der Waals surface area (Å²) in [6, 6.07) is 0. The van der Waals surface area contributed by atoms with Crippen molar-refractivity contribution >= 4 is 17.7 Å². The molecule has 0 aromatic rings. The smallest absolute Gasteiger partial charge is 0.306 e. The molecular formula is C15H29NO3S. The van der Waals surface area contributed by atoms with Crippen molar-refractivity contribution in [2.45, 2.75) is 38.5 Å². The second-order valence-corrected chi connectivity index (χ2v) is 6.41. The molecule has 0 radical (unpaired) electrons. The Labute approximate surface area is 127 Å². The van der Waals surface area contributed by atoms with E-state index in [0.29, 0.717) is 13.0 Å². The molecule has 1 heterocycles. The first-order valence-corrected chi connectivity index (χ1v) is 8.93. The van der Waals surface area contributed by atoms with E-state index in [4.69, 9.17) is 9.47 Å². The highest BCUT2D eigenvalue weighted by atomic mass is 32.2. The first-order valence-electron chi connectivity index (χ1n) is 7.77. The summed E-state index contributed by atoms with van der Waals surface area (Å²) in [4.78, 5) is 14.0. The molecule has 0 bridgehead atoms. The van der Waals surface area contributed by atoms with Gasteiger partial charge in [-0.3, -0.25) is 4.79 Å². The van der Waals surface area contributed by atoms with Crippen molar-refractivity contribution in [3.8, 4) is 0 Å². The Balaban J connectivity index is 1.83. The highest BCUT2D eigenvalue weighted by Gasteiger charge is 2.09. The van der Waals surface area contributed by atoms with E-state index < -0.39 is 0 Å². The number of likely N-dealkylation sites (tertiary alicyclic amines) is 1. The van der Waals surface area contributed by atoms with E-state index in [1.54, 1.807) is 7.11 Å². The van der Waals surface area contributed by atoms with E-state index in [2.05, 4.69) is 4.90 Å². The van der Waals surface area contributed by atoms with Gasteiger partial charge in [0.1, 0.15) is 0 Å². The predicted octanol–water partition coefficient (Wildman–Crippen LogP) is 2.57. The number of nitrogens with zero attached hydrogens (tertiary/aromatic N) is 1. The Morgan fingerprint density at radius 1 is 1.10 bits per heavy atom. The Hall–Kier alpha value is -0.260. The molecule has 5 heteroatoms. The number of rotatable bonds is 11. The van der Waals surface area contributed by atoms with Crippen molar-refractivity contribution in [2.24, 2.45) is 0 Å². The van der Waals surface area contributed by atoms with Crippen LogP contribution in [0.25, 0.3) is 0 Å². The maximum atomic E-state index is 11.5. The van der Waals surface area contributed by atoms with Crippen molar-refractivity contribution in [1.29, 1.82) is 0 Å². The van der Waals surface area contributed by atoms with Crippen LogP contribution in [0, 0.1) is 0 Å². The molecule has 0 amide bonds. The van der Waals surface area contributed by atoms with Gasteiger partial charge < -0.3 is 14.4 Å². The molecule has 20 heavy (non-hydrogen) atoms. The van der Waals surface area contributed by atoms with E-state index in [0.717, 1.165) is 37.5 Å². The van der Waals surface area contributed by atoms with Crippen LogP contribution >= 0.6 is 11.8 Å². The maximum Gasteiger partial charge on any atom is 0.306 e. The number of carbonyl (C=O) groups is 1. The standard InChI is InChI=1S/C15H29NO3S/c1-18-11-5-6-12-19-15(17)7-13-20-14-10-16-8-3-2-4-9-16/h2-14H2,1H3. The molecule has 0 N–H and O–H groups in total. The molecule has 4 nitrogen and oxygen atoms in total. The topological polar surface area (TPSA) is 38.8 Å². The number of methoxy groups -OCH3 is 1. The van der Waals surface area contributed by atoms with E-state index in [9.17, 15) is 4.79 Å². The number of hydrogen-bond donors (Lipinski definition) is 0. The maximum absolute atomic E-state index is 11.5. The zero-order valence-corrected chi connectivity index (χ0v) is 13.6. The molecule has 118 valence electrons. The van der Waals surface area contributed by atoms with Gasteiger partial charge in [-0.25, -0.2) is 0 Å². The minimum Gasteiger partial charge on any atom is -0.466 e. The number of esters is 1. The van der Waals surface area contributed by atoms with Gasteiger partial charge in [0.2, 0.25) is 0 Å². The minimum absolute atomic E-state index is 0.0621. The highest BCUT2D eigenvalue weighted by Crippen LogP contribution is 2.10. The van der Waals surface area contributed by atoms with Gasteiger partial charge in [0, 0.05) is 31.8 Å². The number of carbonyl (C=O) groups excluding carboxylic acids is 1. The van der Waals surface area contributed by atoms with E-state index in [1.165, 1.54) is 32.4 Å². The first kappa shape index (κ1) is 17.8. The molecule has 0 saturated carbocycles. The quantitative estimate of drug-likeness (QED) is 0.433. The fourth-order valence-corrected chi connectivity index (χ4v) is 3.14. The predicted molar refractivity (Wildman–Crippen MR) is 84.3 cm³/mol. The van der Waals surface area contributed by atoms with Gasteiger partial charge in [-0.2, -0.15) is 11.8 Å². The van der Waals surface area contributed by atoms with Crippen molar-refractivity contribution in [3.05, 3.63) is 0 Å². The molecule has 1 saturated heterocycles. The van der Waals surface area contributed by atoms with Gasteiger partial charge in [-0.1, -0.05) is 6.42 Å². The molecule has 1 rings (SSSR count). The number of thioether (sulfide) groups is 1. The summed E-state index contributed by atoms with van der Waals surface area (Å²) in [7, 11) is 1.69. The van der Waals surface area contributed by atoms with Gasteiger partial charge >= 0.3 is 5.97 Å². The van der Waals surface area contributed by atoms with Crippen LogP contribution in [0.4, 0.5) is 0 Å². The summed E-state index contributed by atoms with van der Waals surface area (Å²) in [6.45, 7) is 4.94. The third kappa shape index (κ3) is 9.61. The molecule has 0 aliphatic carbocycles. The summed E-state index contributed by atoms with van der Waals surface area (Å²) in [6.07, 6.45) is 6.46. The number of ether oxygens (including phenoxy) is 2. The average Bonchev–Trinajstić information content (AvgIpc) is 2.48. The van der Waals surface area contributed by atoms with Crippen LogP contribution in [-0.4, -0.2) is 62.3 Å². The van der Waals surface area contributed by atoms with Crippen molar-refractivity contribution in [1.82, 2.24) is 4.90 Å². The fraction of sp³-hybridized carbons (Fsp3) is 0.933. The molecular weight excluding hydrogens is 274 g/mol. The average molecular weight is 303 g/mol. The Morgan fingerprint density at radius 2 is 1.85 bits per heavy atom. The van der Waals surface area contributed by atoms with E-state index in [1.807, 2.05) is 11.8 Å². The lowest BCUT2D eigenvalue weighted by Gasteiger charge is -2.26. The van der Waals surface area contributed by atoms with E-state index >= 15 is 0 Å². The summed E-state index contributed by atoms with van der Waals surface area (Å²) in [5.41, 5.74) is 0. The summed E-state index contributed by atoms with van der Waals surface area (Å²) < 4.78 is 10.1. The Morgan fingerprint density at radius 3 is 2.60 bits per heavy atom. The van der Waals surface area contributed by atoms with Crippen LogP contribution in [0.2, 0.25) is 0 Å². The SMILES string of the molecule is COCCCCOC(=O)CCSCCN1CCCCC1. The molecule has 0 aromatic carbocycles. The third-order valence-corrected chi connectivity index (χ3v) is 4.42. The van der Waals surface area contributed by atoms with Crippen molar-refractivity contribution in [3.63, 3.8) is 0 Å². The monoisotopic (exact) mass is 303 g/mol. The van der Waals surface area contributed by atoms with Crippen LogP contribution in [0.1, 0.15) is 38.5 Å². The lowest BCUT2D eigenvalue weighted by Crippen LogP contribution is -2.31. The van der Waals surface area contributed by atoms with Crippen LogP contribution in [-0.2, 0) is 14.3 Å². The molecule has 0 aromatic heterocycles. The lowest BCUT2D eigenvalue weighted by atomic mass is 10.1. The second-order valence-electron chi connectivity index (χ2n) is 5.19. The molecule has 0 atom stereocenters.